The Bertz CT molecular complexity index is 773. The Labute approximate surface area is 161 Å². The van der Waals surface area contributed by atoms with Gasteiger partial charge in [-0.2, -0.15) is 0 Å². The first kappa shape index (κ1) is 20.5. The van der Waals surface area contributed by atoms with E-state index in [1.165, 1.54) is 10.5 Å². The predicted octanol–water partition coefficient (Wildman–Crippen LogP) is 3.38. The van der Waals surface area contributed by atoms with Gasteiger partial charge in [0.25, 0.3) is 11.8 Å². The average molecular weight is 368 g/mol. The molecule has 0 bridgehead atoms. The van der Waals surface area contributed by atoms with Crippen molar-refractivity contribution in [1.82, 2.24) is 10.2 Å². The number of nitrogens with zero attached hydrogens (tertiary/aromatic N) is 1. The molecule has 5 nitrogen and oxygen atoms in total. The van der Waals surface area contributed by atoms with Crippen molar-refractivity contribution >= 4 is 11.8 Å². The molecule has 0 unspecified atom stereocenters. The average Bonchev–Trinajstić information content (AvgIpc) is 2.64. The largest absolute Gasteiger partial charge is 0.484 e. The zero-order valence-electron chi connectivity index (χ0n) is 16.7. The molecule has 0 fully saturated rings. The lowest BCUT2D eigenvalue weighted by atomic mass is 9.87. The van der Waals surface area contributed by atoms with Crippen LogP contribution in [0.2, 0.25) is 0 Å². The van der Waals surface area contributed by atoms with E-state index in [0.717, 1.165) is 5.56 Å². The summed E-state index contributed by atoms with van der Waals surface area (Å²) in [6, 6.07) is 15.0. The molecule has 2 rings (SSSR count). The maximum Gasteiger partial charge on any atom is 0.258 e. The number of amides is 2. The number of rotatable bonds is 6. The monoisotopic (exact) mass is 368 g/mol. The van der Waals surface area contributed by atoms with Gasteiger partial charge in [0.1, 0.15) is 5.75 Å². The lowest BCUT2D eigenvalue weighted by Crippen LogP contribution is -2.28. The fourth-order valence-corrected chi connectivity index (χ4v) is 2.48. The molecule has 5 heteroatoms. The maximum atomic E-state index is 12.0. The Morgan fingerprint density at radius 2 is 1.56 bits per heavy atom. The van der Waals surface area contributed by atoms with Gasteiger partial charge in [-0.05, 0) is 40.8 Å². The van der Waals surface area contributed by atoms with Crippen molar-refractivity contribution in [1.29, 1.82) is 0 Å². The van der Waals surface area contributed by atoms with Gasteiger partial charge < -0.3 is 15.0 Å². The smallest absolute Gasteiger partial charge is 0.258 e. The molecular formula is C22H28N2O3. The molecule has 0 saturated heterocycles. The normalized spacial score (nSPS) is 11.0. The molecule has 0 aliphatic carbocycles. The zero-order valence-corrected chi connectivity index (χ0v) is 16.7. The summed E-state index contributed by atoms with van der Waals surface area (Å²) in [5.41, 5.74) is 2.85. The van der Waals surface area contributed by atoms with Crippen LogP contribution in [0, 0.1) is 0 Å². The Hall–Kier alpha value is -2.82. The van der Waals surface area contributed by atoms with Crippen LogP contribution in [0.4, 0.5) is 0 Å². The van der Waals surface area contributed by atoms with Crippen LogP contribution < -0.4 is 10.1 Å². The lowest BCUT2D eigenvalue weighted by Gasteiger charge is -2.19. The Balaban J connectivity index is 1.80. The highest BCUT2D eigenvalue weighted by atomic mass is 16.5. The summed E-state index contributed by atoms with van der Waals surface area (Å²) >= 11 is 0. The first-order valence-electron chi connectivity index (χ1n) is 8.97. The minimum atomic E-state index is -0.191. The summed E-state index contributed by atoms with van der Waals surface area (Å²) < 4.78 is 5.54. The van der Waals surface area contributed by atoms with Crippen LogP contribution in [0.5, 0.6) is 5.75 Å². The third-order valence-electron chi connectivity index (χ3n) is 4.19. The molecule has 0 saturated carbocycles. The molecule has 0 aromatic heterocycles. The fourth-order valence-electron chi connectivity index (χ4n) is 2.48. The van der Waals surface area contributed by atoms with E-state index in [1.54, 1.807) is 26.2 Å². The molecule has 144 valence electrons. The summed E-state index contributed by atoms with van der Waals surface area (Å²) in [6.07, 6.45) is 0. The van der Waals surface area contributed by atoms with Crippen LogP contribution >= 0.6 is 0 Å². The van der Waals surface area contributed by atoms with Crippen molar-refractivity contribution in [3.8, 4) is 5.75 Å². The SMILES string of the molecule is CN(C)C(=O)c1ccc(CNC(=O)COc2ccc(C(C)(C)C)cc2)cc1. The topological polar surface area (TPSA) is 58.6 Å². The molecule has 1 N–H and O–H groups in total. The van der Waals surface area contributed by atoms with Gasteiger partial charge in [-0.3, -0.25) is 9.59 Å². The third kappa shape index (κ3) is 6.13. The standard InChI is InChI=1S/C22H28N2O3/c1-22(2,3)18-10-12-19(13-11-18)27-15-20(25)23-14-16-6-8-17(9-7-16)21(26)24(4)5/h6-13H,14-15H2,1-5H3,(H,23,25). The molecule has 2 aromatic carbocycles. The van der Waals surface area contributed by atoms with E-state index in [2.05, 4.69) is 26.1 Å². The first-order valence-corrected chi connectivity index (χ1v) is 8.97. The van der Waals surface area contributed by atoms with Crippen molar-refractivity contribution in [2.24, 2.45) is 0 Å². The maximum absolute atomic E-state index is 12.0. The van der Waals surface area contributed by atoms with E-state index in [0.29, 0.717) is 17.9 Å². The highest BCUT2D eigenvalue weighted by Crippen LogP contribution is 2.24. The number of carbonyl (C=O) groups excluding carboxylic acids is 2. The van der Waals surface area contributed by atoms with Crippen molar-refractivity contribution in [3.05, 3.63) is 65.2 Å². The molecule has 0 heterocycles. The number of benzene rings is 2. The number of nitrogens with one attached hydrogen (secondary N) is 1. The molecule has 0 radical (unpaired) electrons. The summed E-state index contributed by atoms with van der Waals surface area (Å²) in [6.45, 7) is 6.81. The van der Waals surface area contributed by atoms with Crippen LogP contribution in [0.1, 0.15) is 42.3 Å². The van der Waals surface area contributed by atoms with Crippen molar-refractivity contribution < 1.29 is 14.3 Å². The molecular weight excluding hydrogens is 340 g/mol. The minimum absolute atomic E-state index is 0.0357. The molecule has 0 spiro atoms. The number of hydrogen-bond acceptors (Lipinski definition) is 3. The van der Waals surface area contributed by atoms with Gasteiger partial charge in [-0.25, -0.2) is 0 Å². The highest BCUT2D eigenvalue weighted by molar-refractivity contribution is 5.93. The third-order valence-corrected chi connectivity index (χ3v) is 4.19. The van der Waals surface area contributed by atoms with E-state index in [9.17, 15) is 9.59 Å². The van der Waals surface area contributed by atoms with E-state index in [4.69, 9.17) is 4.74 Å². The van der Waals surface area contributed by atoms with E-state index in [-0.39, 0.29) is 23.8 Å². The highest BCUT2D eigenvalue weighted by Gasteiger charge is 2.13. The molecule has 2 aromatic rings. The minimum Gasteiger partial charge on any atom is -0.484 e. The number of carbonyl (C=O) groups is 2. The quantitative estimate of drug-likeness (QED) is 0.850. The van der Waals surface area contributed by atoms with Crippen molar-refractivity contribution in [2.75, 3.05) is 20.7 Å². The van der Waals surface area contributed by atoms with Crippen molar-refractivity contribution in [3.63, 3.8) is 0 Å². The van der Waals surface area contributed by atoms with Crippen LogP contribution in [0.3, 0.4) is 0 Å². The fraction of sp³-hybridized carbons (Fsp3) is 0.364. The van der Waals surface area contributed by atoms with E-state index >= 15 is 0 Å². The second-order valence-electron chi connectivity index (χ2n) is 7.74. The second kappa shape index (κ2) is 8.71. The summed E-state index contributed by atoms with van der Waals surface area (Å²) in [4.78, 5) is 25.4. The summed E-state index contributed by atoms with van der Waals surface area (Å²) in [5, 5.41) is 2.82. The lowest BCUT2D eigenvalue weighted by molar-refractivity contribution is -0.123. The molecule has 0 aliphatic heterocycles. The summed E-state index contributed by atoms with van der Waals surface area (Å²) in [7, 11) is 3.43. The predicted molar refractivity (Wildman–Crippen MR) is 107 cm³/mol. The molecule has 2 amide bonds. The van der Waals surface area contributed by atoms with Gasteiger partial charge in [0.2, 0.25) is 0 Å². The van der Waals surface area contributed by atoms with Crippen molar-refractivity contribution in [2.45, 2.75) is 32.7 Å². The van der Waals surface area contributed by atoms with Gasteiger partial charge >= 0.3 is 0 Å². The molecule has 0 atom stereocenters. The van der Waals surface area contributed by atoms with Crippen LogP contribution in [-0.4, -0.2) is 37.4 Å². The van der Waals surface area contributed by atoms with Gasteiger partial charge in [0.15, 0.2) is 6.61 Å². The second-order valence-corrected chi connectivity index (χ2v) is 7.74. The number of ether oxygens (including phenoxy) is 1. The van der Waals surface area contributed by atoms with E-state index < -0.39 is 0 Å². The van der Waals surface area contributed by atoms with Crippen LogP contribution in [0.15, 0.2) is 48.5 Å². The number of hydrogen-bond donors (Lipinski definition) is 1. The summed E-state index contributed by atoms with van der Waals surface area (Å²) in [5.74, 6) is 0.435. The molecule has 0 aliphatic rings. The Morgan fingerprint density at radius 3 is 2.07 bits per heavy atom. The Morgan fingerprint density at radius 1 is 0.963 bits per heavy atom. The zero-order chi connectivity index (χ0) is 20.0. The van der Waals surface area contributed by atoms with Crippen LogP contribution in [-0.2, 0) is 16.8 Å². The first-order chi connectivity index (χ1) is 12.7. The molecule has 27 heavy (non-hydrogen) atoms. The van der Waals surface area contributed by atoms with E-state index in [1.807, 2.05) is 36.4 Å². The van der Waals surface area contributed by atoms with Gasteiger partial charge in [0, 0.05) is 26.2 Å². The van der Waals surface area contributed by atoms with Gasteiger partial charge in [0.05, 0.1) is 0 Å². The van der Waals surface area contributed by atoms with Gasteiger partial charge in [-0.1, -0.05) is 45.0 Å². The van der Waals surface area contributed by atoms with Gasteiger partial charge in [-0.15, -0.1) is 0 Å². The van der Waals surface area contributed by atoms with Crippen LogP contribution in [0.25, 0.3) is 0 Å². The Kier molecular flexibility index (Phi) is 6.61.